The van der Waals surface area contributed by atoms with Crippen molar-refractivity contribution in [1.82, 2.24) is 0 Å². The summed E-state index contributed by atoms with van der Waals surface area (Å²) in [5.74, 6) is -0.879. The van der Waals surface area contributed by atoms with Crippen molar-refractivity contribution in [2.45, 2.75) is 25.0 Å². The van der Waals surface area contributed by atoms with Crippen LogP contribution < -0.4 is 0 Å². The van der Waals surface area contributed by atoms with Crippen molar-refractivity contribution in [3.05, 3.63) is 35.9 Å². The lowest BCUT2D eigenvalue weighted by Crippen LogP contribution is -2.26. The van der Waals surface area contributed by atoms with Crippen LogP contribution in [-0.4, -0.2) is 24.1 Å². The second-order valence-corrected chi connectivity index (χ2v) is 4.43. The van der Waals surface area contributed by atoms with Crippen LogP contribution in [-0.2, 0) is 25.5 Å². The molecule has 3 atom stereocenters. The Morgan fingerprint density at radius 1 is 1.12 bits per heavy atom. The molecule has 0 spiro atoms. The summed E-state index contributed by atoms with van der Waals surface area (Å²) in [7, 11) is 0. The molecule has 1 aromatic carbocycles. The van der Waals surface area contributed by atoms with Gasteiger partial charge < -0.3 is 9.47 Å². The first kappa shape index (κ1) is 10.3. The molecule has 88 valence electrons. The topological polar surface area (TPSA) is 52.6 Å². The first-order chi connectivity index (χ1) is 8.24. The van der Waals surface area contributed by atoms with Gasteiger partial charge in [-0.2, -0.15) is 0 Å². The summed E-state index contributed by atoms with van der Waals surface area (Å²) in [5, 5.41) is 0. The molecule has 2 fully saturated rings. The van der Waals surface area contributed by atoms with E-state index in [0.29, 0.717) is 6.42 Å². The quantitative estimate of drug-likeness (QED) is 0.716. The van der Waals surface area contributed by atoms with E-state index in [-0.39, 0.29) is 30.4 Å². The largest absolute Gasteiger partial charge is 0.457 e. The lowest BCUT2D eigenvalue weighted by molar-refractivity contribution is -0.148. The van der Waals surface area contributed by atoms with Crippen LogP contribution in [0.2, 0.25) is 0 Å². The lowest BCUT2D eigenvalue weighted by atomic mass is 9.94. The zero-order valence-electron chi connectivity index (χ0n) is 9.17. The highest BCUT2D eigenvalue weighted by Gasteiger charge is 2.51. The first-order valence-corrected chi connectivity index (χ1v) is 5.68. The third kappa shape index (κ3) is 1.79. The summed E-state index contributed by atoms with van der Waals surface area (Å²) in [5.41, 5.74) is 1.05. The van der Waals surface area contributed by atoms with Gasteiger partial charge in [-0.15, -0.1) is 0 Å². The van der Waals surface area contributed by atoms with Gasteiger partial charge in [-0.1, -0.05) is 30.3 Å². The Balaban J connectivity index is 1.78. The van der Waals surface area contributed by atoms with Crippen molar-refractivity contribution in [2.24, 2.45) is 5.92 Å². The van der Waals surface area contributed by atoms with Gasteiger partial charge in [-0.05, 0) is 12.0 Å². The van der Waals surface area contributed by atoms with E-state index in [0.717, 1.165) is 5.56 Å². The van der Waals surface area contributed by atoms with Crippen molar-refractivity contribution in [3.63, 3.8) is 0 Å². The van der Waals surface area contributed by atoms with Gasteiger partial charge in [0.1, 0.15) is 12.0 Å². The van der Waals surface area contributed by atoms with E-state index >= 15 is 0 Å². The minimum atomic E-state index is -0.393. The highest BCUT2D eigenvalue weighted by atomic mass is 16.6. The highest BCUT2D eigenvalue weighted by molar-refractivity contribution is 5.81. The van der Waals surface area contributed by atoms with Crippen LogP contribution >= 0.6 is 0 Å². The maximum absolute atomic E-state index is 11.7. The summed E-state index contributed by atoms with van der Waals surface area (Å²) in [6, 6.07) is 9.69. The molecule has 0 N–H and O–H groups in total. The summed E-state index contributed by atoms with van der Waals surface area (Å²) in [6.45, 7) is 0. The fraction of sp³-hybridized carbons (Fsp3) is 0.385. The second-order valence-electron chi connectivity index (χ2n) is 4.43. The zero-order valence-corrected chi connectivity index (χ0v) is 9.17. The maximum Gasteiger partial charge on any atom is 0.313 e. The van der Waals surface area contributed by atoms with Gasteiger partial charge in [0.2, 0.25) is 0 Å². The number of fused-ring (bicyclic) bond motifs is 1. The Hall–Kier alpha value is -1.84. The van der Waals surface area contributed by atoms with E-state index in [9.17, 15) is 9.59 Å². The van der Waals surface area contributed by atoms with Crippen molar-refractivity contribution in [2.75, 3.05) is 0 Å². The Morgan fingerprint density at radius 3 is 2.65 bits per heavy atom. The molecule has 0 aliphatic carbocycles. The van der Waals surface area contributed by atoms with E-state index < -0.39 is 6.10 Å². The van der Waals surface area contributed by atoms with Crippen molar-refractivity contribution >= 4 is 11.9 Å². The molecular weight excluding hydrogens is 220 g/mol. The molecule has 0 unspecified atom stereocenters. The van der Waals surface area contributed by atoms with Crippen LogP contribution in [0, 0.1) is 5.92 Å². The number of carbonyl (C=O) groups excluding carboxylic acids is 2. The first-order valence-electron chi connectivity index (χ1n) is 5.68. The van der Waals surface area contributed by atoms with Crippen LogP contribution in [0.25, 0.3) is 0 Å². The number of hydrogen-bond donors (Lipinski definition) is 0. The fourth-order valence-corrected chi connectivity index (χ4v) is 2.44. The van der Waals surface area contributed by atoms with E-state index in [2.05, 4.69) is 0 Å². The molecule has 4 nitrogen and oxygen atoms in total. The third-order valence-corrected chi connectivity index (χ3v) is 3.27. The number of esters is 2. The van der Waals surface area contributed by atoms with Gasteiger partial charge >= 0.3 is 11.9 Å². The van der Waals surface area contributed by atoms with Gasteiger partial charge in [0, 0.05) is 0 Å². The molecule has 0 bridgehead atoms. The average Bonchev–Trinajstić information content (AvgIpc) is 2.79. The molecule has 0 saturated carbocycles. The predicted molar refractivity (Wildman–Crippen MR) is 58.0 cm³/mol. The molecule has 17 heavy (non-hydrogen) atoms. The molecule has 0 aromatic heterocycles. The van der Waals surface area contributed by atoms with Gasteiger partial charge in [-0.25, -0.2) is 0 Å². The number of benzene rings is 1. The minimum absolute atomic E-state index is 0.196. The van der Waals surface area contributed by atoms with Crippen molar-refractivity contribution in [3.8, 4) is 0 Å². The van der Waals surface area contributed by atoms with Crippen molar-refractivity contribution in [1.29, 1.82) is 0 Å². The van der Waals surface area contributed by atoms with Crippen LogP contribution in [0.15, 0.2) is 30.3 Å². The molecule has 2 aliphatic rings. The molecule has 1 aromatic rings. The Labute approximate surface area is 98.5 Å². The Kier molecular flexibility index (Phi) is 2.35. The number of rotatable bonds is 2. The van der Waals surface area contributed by atoms with Gasteiger partial charge in [0.05, 0.1) is 6.42 Å². The second kappa shape index (κ2) is 3.87. The molecule has 2 saturated heterocycles. The SMILES string of the molecule is O=C1C[C@H]2OC(=O)[C@@H](Cc3ccccc3)[C@H]2O1. The van der Waals surface area contributed by atoms with E-state index in [1.54, 1.807) is 0 Å². The lowest BCUT2D eigenvalue weighted by Gasteiger charge is -2.12. The summed E-state index contributed by atoms with van der Waals surface area (Å²) in [6.07, 6.45) is -0.00515. The minimum Gasteiger partial charge on any atom is -0.457 e. The van der Waals surface area contributed by atoms with E-state index in [1.807, 2.05) is 30.3 Å². The number of hydrogen-bond acceptors (Lipinski definition) is 4. The predicted octanol–water partition coefficient (Wildman–Crippen LogP) is 1.09. The van der Waals surface area contributed by atoms with Crippen molar-refractivity contribution < 1.29 is 19.1 Å². The van der Waals surface area contributed by atoms with Crippen LogP contribution in [0.5, 0.6) is 0 Å². The molecule has 3 rings (SSSR count). The van der Waals surface area contributed by atoms with E-state index in [1.165, 1.54) is 0 Å². The third-order valence-electron chi connectivity index (χ3n) is 3.27. The molecule has 0 radical (unpaired) electrons. The van der Waals surface area contributed by atoms with Gasteiger partial charge in [0.25, 0.3) is 0 Å². The molecule has 2 heterocycles. The zero-order chi connectivity index (χ0) is 11.8. The van der Waals surface area contributed by atoms with Crippen LogP contribution in [0.3, 0.4) is 0 Å². The summed E-state index contributed by atoms with van der Waals surface area (Å²) in [4.78, 5) is 22.8. The smallest absolute Gasteiger partial charge is 0.313 e. The maximum atomic E-state index is 11.7. The Bertz CT molecular complexity index is 454. The number of ether oxygens (including phenoxy) is 2. The fourth-order valence-electron chi connectivity index (χ4n) is 2.44. The summed E-state index contributed by atoms with van der Waals surface area (Å²) >= 11 is 0. The van der Waals surface area contributed by atoms with Gasteiger partial charge in [0.15, 0.2) is 6.10 Å². The molecular formula is C13H12O4. The molecule has 2 aliphatic heterocycles. The molecule has 0 amide bonds. The van der Waals surface area contributed by atoms with Gasteiger partial charge in [-0.3, -0.25) is 9.59 Å². The summed E-state index contributed by atoms with van der Waals surface area (Å²) < 4.78 is 10.3. The monoisotopic (exact) mass is 232 g/mol. The molecule has 4 heteroatoms. The number of carbonyl (C=O) groups is 2. The Morgan fingerprint density at radius 2 is 1.88 bits per heavy atom. The standard InChI is InChI=1S/C13H12O4/c14-11-7-10-12(17-11)9(13(15)16-10)6-8-4-2-1-3-5-8/h1-5,9-10,12H,6-7H2/t9-,10+,12+/m0/s1. The van der Waals surface area contributed by atoms with E-state index in [4.69, 9.17) is 9.47 Å². The van der Waals surface area contributed by atoms with Crippen LogP contribution in [0.4, 0.5) is 0 Å². The normalized spacial score (nSPS) is 30.9. The van der Waals surface area contributed by atoms with Crippen LogP contribution in [0.1, 0.15) is 12.0 Å². The highest BCUT2D eigenvalue weighted by Crippen LogP contribution is 2.34. The average molecular weight is 232 g/mol.